The Bertz CT molecular complexity index is 3440. The van der Waals surface area contributed by atoms with Gasteiger partial charge in [-0.25, -0.2) is 0 Å². The van der Waals surface area contributed by atoms with E-state index in [2.05, 4.69) is 202 Å². The minimum absolute atomic E-state index is 0. The summed E-state index contributed by atoms with van der Waals surface area (Å²) in [5.41, 5.74) is 19.7. The topological polar surface area (TPSA) is 76.2 Å². The number of rotatable bonds is 12. The van der Waals surface area contributed by atoms with Gasteiger partial charge >= 0.3 is 20.4 Å². The average Bonchev–Trinajstić information content (AvgIpc) is 4.27. The van der Waals surface area contributed by atoms with Gasteiger partial charge in [0.2, 0.25) is 6.33 Å². The smallest absolute Gasteiger partial charge is 0.410 e. The summed E-state index contributed by atoms with van der Waals surface area (Å²) in [4.78, 5) is 17.6. The van der Waals surface area contributed by atoms with E-state index >= 15 is 0 Å². The average molecular weight is 1270 g/mol. The number of aryl methyl sites for hydroxylation is 3. The molecule has 0 amide bonds. The third-order valence-corrected chi connectivity index (χ3v) is 12.3. The van der Waals surface area contributed by atoms with Crippen LogP contribution in [0.4, 0.5) is 0 Å². The third-order valence-electron chi connectivity index (χ3n) is 12.3. The zero-order valence-electron chi connectivity index (χ0n) is 41.7. The standard InChI is InChI=1S/C22H19N3.C21H17N3.C21H16N2.CH4.3Pd/c1-16-12-17(2)25(24-16)21-9-4-7-19(15-21)13-18-6-3-8-20(14-18)22-10-5-11-23-22;1-23-11-12-24(16-23)20-8-3-6-18(15-20)13-17-5-2-7-19(14-17)21-9-4-10-22-21;1-5-16(14-18(7-1)20-9-3-11-22-20)13-17-6-2-8-19(15-17)21-10-4-12-23-21;;;;/h3-9,11-12H,10,13H2,1-2H3;2-8,10-12H,9,13H2,1H3;1-8,11-12H,9-10,13H2;1H4;;;/q3*-2;;;;+2. The first kappa shape index (κ1) is 58.6. The van der Waals surface area contributed by atoms with Crippen molar-refractivity contribution in [3.05, 3.63) is 287 Å². The van der Waals surface area contributed by atoms with Gasteiger partial charge in [0, 0.05) is 85.0 Å². The predicted octanol–water partition coefficient (Wildman–Crippen LogP) is 11.4. The van der Waals surface area contributed by atoms with Crippen LogP contribution in [0.15, 0.2) is 197 Å². The van der Waals surface area contributed by atoms with Crippen LogP contribution in [-0.4, -0.2) is 27.4 Å². The molecular weight excluding hydrogens is 1210 g/mol. The second-order valence-electron chi connectivity index (χ2n) is 17.9. The van der Waals surface area contributed by atoms with Gasteiger partial charge in [0.1, 0.15) is 0 Å². The molecule has 2 aromatic heterocycles. The second-order valence-corrected chi connectivity index (χ2v) is 17.9. The molecule has 0 unspecified atom stereocenters. The van der Waals surface area contributed by atoms with Crippen LogP contribution in [0.25, 0.3) is 11.4 Å². The van der Waals surface area contributed by atoms with Gasteiger partial charge in [-0.15, -0.1) is 159 Å². The van der Waals surface area contributed by atoms with E-state index in [1.165, 1.54) is 0 Å². The molecule has 11 heteroatoms. The largest absolute Gasteiger partial charge is 2.00 e. The quantitative estimate of drug-likeness (QED) is 0.0682. The molecule has 4 aliphatic heterocycles. The van der Waals surface area contributed by atoms with Crippen LogP contribution in [0, 0.1) is 56.6 Å². The van der Waals surface area contributed by atoms with Crippen molar-refractivity contribution in [3.63, 3.8) is 0 Å². The summed E-state index contributed by atoms with van der Waals surface area (Å²) in [6.45, 7) is 4.07. The number of aromatic nitrogens is 4. The number of hydrogen-bond donors (Lipinski definition) is 0. The molecule has 0 bridgehead atoms. The van der Waals surface area contributed by atoms with Crippen LogP contribution < -0.4 is 14.3 Å². The molecule has 4 aliphatic rings. The van der Waals surface area contributed by atoms with Crippen LogP contribution in [0.5, 0.6) is 0 Å². The predicted molar refractivity (Wildman–Crippen MR) is 292 cm³/mol. The van der Waals surface area contributed by atoms with E-state index in [0.717, 1.165) is 146 Å². The Kier molecular flexibility index (Phi) is 22.0. The molecule has 0 fully saturated rings. The fourth-order valence-corrected chi connectivity index (χ4v) is 8.81. The van der Waals surface area contributed by atoms with E-state index in [1.807, 2.05) is 77.1 Å². The molecule has 8 nitrogen and oxygen atoms in total. The van der Waals surface area contributed by atoms with Gasteiger partial charge in [-0.3, -0.25) is 4.68 Å². The fraction of sp³-hybridized carbons (Fsp3) is 0.169. The van der Waals surface area contributed by atoms with E-state index in [0.29, 0.717) is 0 Å². The first-order valence-corrected chi connectivity index (χ1v) is 24.3. The maximum Gasteiger partial charge on any atom is 2.00 e. The van der Waals surface area contributed by atoms with Crippen molar-refractivity contribution in [1.29, 1.82) is 0 Å². The van der Waals surface area contributed by atoms with Crippen molar-refractivity contribution < 1.29 is 70.5 Å². The van der Waals surface area contributed by atoms with Gasteiger partial charge < -0.3 is 34.2 Å². The normalized spacial score (nSPS) is 13.4. The van der Waals surface area contributed by atoms with Crippen molar-refractivity contribution >= 4 is 22.8 Å². The van der Waals surface area contributed by atoms with Crippen molar-refractivity contribution in [2.24, 2.45) is 27.0 Å². The van der Waals surface area contributed by atoms with Crippen molar-refractivity contribution in [2.45, 2.75) is 66.2 Å². The maximum atomic E-state index is 4.55. The second kappa shape index (κ2) is 28.5. The van der Waals surface area contributed by atoms with E-state index < -0.39 is 0 Å². The van der Waals surface area contributed by atoms with E-state index in [1.54, 1.807) is 0 Å². The fourth-order valence-electron chi connectivity index (χ4n) is 8.81. The van der Waals surface area contributed by atoms with Gasteiger partial charge in [-0.05, 0) is 73.9 Å². The van der Waals surface area contributed by atoms with Crippen molar-refractivity contribution in [1.82, 2.24) is 9.67 Å². The molecule has 6 aromatic carbocycles. The van der Waals surface area contributed by atoms with Crippen LogP contribution in [0.1, 0.15) is 100 Å². The number of hydrogen-bond acceptors (Lipinski definition) is 4. The Morgan fingerprint density at radius 1 is 0.500 bits per heavy atom. The maximum absolute atomic E-state index is 4.55. The Morgan fingerprint density at radius 3 is 1.21 bits per heavy atom. The Balaban J connectivity index is 0.000000180. The zero-order chi connectivity index (χ0) is 49.1. The Labute approximate surface area is 490 Å². The number of benzene rings is 6. The summed E-state index contributed by atoms with van der Waals surface area (Å²) in [5, 5.41) is 4.55. The summed E-state index contributed by atoms with van der Waals surface area (Å²) < 4.78 is 5.79. The Morgan fingerprint density at radius 2 is 0.868 bits per heavy atom. The molecule has 0 saturated carbocycles. The molecule has 6 heterocycles. The molecular formula is C65H56N8Pd3-4. The van der Waals surface area contributed by atoms with E-state index in [-0.39, 0.29) is 68.7 Å². The Hall–Kier alpha value is -6.63. The molecule has 12 rings (SSSR count). The number of aliphatic imine (C=N–C) groups is 4. The molecule has 0 aliphatic carbocycles. The number of nitrogens with zero attached hydrogens (tertiary/aromatic N) is 8. The molecule has 0 spiro atoms. The molecule has 0 radical (unpaired) electrons. The zero-order valence-corrected chi connectivity index (χ0v) is 46.4. The molecule has 0 atom stereocenters. The SMILES string of the molecule is C.C[n+]1[c-]n(-c2[c-]c(Cc3[c-]c(C4=NC=CC4)ccc3)ccc2)cc1.Cc1cc(C)[n+](-c2[c-]c(Cc3[c-]c(C4=NC=CC4)ccc3)ccc2)[n-]1.[Pd+2].[Pd].[Pd].[c-]1c(Cc2[c-]c(C3=NC=CC3)ccc2)cccc1C1=NC=CC1. The van der Waals surface area contributed by atoms with Gasteiger partial charge in [-0.1, -0.05) is 44.3 Å². The number of allylic oxidation sites excluding steroid dienone is 4. The summed E-state index contributed by atoms with van der Waals surface area (Å²) >= 11 is 0. The minimum Gasteiger partial charge on any atom is -0.410 e. The van der Waals surface area contributed by atoms with Crippen LogP contribution in [0.3, 0.4) is 0 Å². The molecule has 8 aromatic rings. The van der Waals surface area contributed by atoms with Crippen molar-refractivity contribution in [3.8, 4) is 11.4 Å². The van der Waals surface area contributed by atoms with Gasteiger partial charge in [-0.2, -0.15) is 47.5 Å². The molecule has 76 heavy (non-hydrogen) atoms. The monoisotopic (exact) mass is 1270 g/mol. The first-order valence-electron chi connectivity index (χ1n) is 24.3. The van der Waals surface area contributed by atoms with Gasteiger partial charge in [0.25, 0.3) is 0 Å². The van der Waals surface area contributed by atoms with Crippen molar-refractivity contribution in [2.75, 3.05) is 0 Å². The first-order chi connectivity index (χ1) is 35.3. The van der Waals surface area contributed by atoms with E-state index in [9.17, 15) is 0 Å². The van der Waals surface area contributed by atoms with Gasteiger partial charge in [0.05, 0.1) is 12.7 Å². The third kappa shape index (κ3) is 15.5. The van der Waals surface area contributed by atoms with Crippen LogP contribution in [-0.2, 0) is 87.6 Å². The molecule has 390 valence electrons. The minimum atomic E-state index is 0. The summed E-state index contributed by atoms with van der Waals surface area (Å²) in [7, 11) is 1.96. The van der Waals surface area contributed by atoms with Crippen LogP contribution >= 0.6 is 0 Å². The summed E-state index contributed by atoms with van der Waals surface area (Å²) in [5.74, 6) is 0. The number of imidazole rings is 1. The van der Waals surface area contributed by atoms with Crippen LogP contribution in [0.2, 0.25) is 0 Å². The summed E-state index contributed by atoms with van der Waals surface area (Å²) in [6, 6.07) is 60.5. The molecule has 0 saturated heterocycles. The molecule has 0 N–H and O–H groups in total. The van der Waals surface area contributed by atoms with E-state index in [4.69, 9.17) is 0 Å². The summed E-state index contributed by atoms with van der Waals surface area (Å²) in [6.07, 6.45) is 28.9. The van der Waals surface area contributed by atoms with Gasteiger partial charge in [0.15, 0.2) is 5.69 Å².